The Labute approximate surface area is 93.0 Å². The second-order valence-electron chi connectivity index (χ2n) is 5.34. The Bertz CT molecular complexity index is 301. The van der Waals surface area contributed by atoms with Crippen LogP contribution in [0.5, 0.6) is 0 Å². The summed E-state index contributed by atoms with van der Waals surface area (Å²) in [5.74, 6) is 0.611. The number of rotatable bonds is 3. The number of hydrogen-bond acceptors (Lipinski definition) is 3. The molecule has 0 aliphatic heterocycles. The van der Waals surface area contributed by atoms with Gasteiger partial charge in [0.2, 0.25) is 5.89 Å². The molecule has 1 unspecified atom stereocenters. The molecule has 0 aliphatic rings. The Morgan fingerprint density at radius 2 is 2.07 bits per heavy atom. The van der Waals surface area contributed by atoms with Crippen LogP contribution in [0.1, 0.15) is 39.7 Å². The highest BCUT2D eigenvalue weighted by Gasteiger charge is 2.39. The van der Waals surface area contributed by atoms with Crippen LogP contribution in [0.3, 0.4) is 0 Å². The van der Waals surface area contributed by atoms with E-state index in [1.54, 1.807) is 0 Å². The van der Waals surface area contributed by atoms with Crippen molar-refractivity contribution in [3.8, 4) is 0 Å². The quantitative estimate of drug-likeness (QED) is 0.739. The van der Waals surface area contributed by atoms with Gasteiger partial charge in [-0.25, -0.2) is 4.98 Å². The fraction of sp³-hybridized carbons (Fsp3) is 0.727. The Balaban J connectivity index is 2.70. The monoisotopic (exact) mass is 226 g/mol. The Hall–Kier alpha value is -0.613. The third-order valence-corrected chi connectivity index (χ3v) is 7.59. The predicted octanol–water partition coefficient (Wildman–Crippen LogP) is 3.56. The maximum absolute atomic E-state index is 6.11. The van der Waals surface area contributed by atoms with E-state index in [2.05, 4.69) is 45.1 Å². The van der Waals surface area contributed by atoms with Crippen LogP contribution < -0.4 is 0 Å². The molecule has 0 saturated heterocycles. The van der Waals surface area contributed by atoms with E-state index in [1.807, 2.05) is 6.92 Å². The van der Waals surface area contributed by atoms with Crippen LogP contribution >= 0.6 is 0 Å². The van der Waals surface area contributed by atoms with Gasteiger partial charge in [0.25, 0.3) is 0 Å². The largest absolute Gasteiger partial charge is 0.435 e. The van der Waals surface area contributed by atoms with Crippen LogP contribution in [0.25, 0.3) is 0 Å². The van der Waals surface area contributed by atoms with Gasteiger partial charge in [-0.05, 0) is 25.1 Å². The summed E-state index contributed by atoms with van der Waals surface area (Å²) in [5.41, 5.74) is 0. The first-order chi connectivity index (χ1) is 6.74. The molecular formula is C11H20NO2Si. The van der Waals surface area contributed by atoms with E-state index in [4.69, 9.17) is 8.84 Å². The van der Waals surface area contributed by atoms with Crippen LogP contribution in [0.15, 0.2) is 10.6 Å². The first-order valence-corrected chi connectivity index (χ1v) is 8.14. The summed E-state index contributed by atoms with van der Waals surface area (Å²) >= 11 is 0. The Morgan fingerprint density at radius 3 is 2.47 bits per heavy atom. The molecule has 1 aromatic heterocycles. The fourth-order valence-electron chi connectivity index (χ4n) is 1.06. The van der Waals surface area contributed by atoms with Crippen molar-refractivity contribution in [2.24, 2.45) is 0 Å². The van der Waals surface area contributed by atoms with Crippen molar-refractivity contribution in [2.45, 2.75) is 51.9 Å². The molecule has 0 amide bonds. The van der Waals surface area contributed by atoms with E-state index in [1.165, 1.54) is 6.20 Å². The zero-order valence-corrected chi connectivity index (χ0v) is 11.4. The normalized spacial score (nSPS) is 15.3. The SMILES string of the molecule is CC(O[Si](C)(C)C(C)(C)C)c1nc[c]o1. The average molecular weight is 226 g/mol. The van der Waals surface area contributed by atoms with E-state index in [-0.39, 0.29) is 11.1 Å². The minimum absolute atomic E-state index is 0.0860. The molecule has 1 heterocycles. The molecule has 1 atom stereocenters. The van der Waals surface area contributed by atoms with Gasteiger partial charge in [0.15, 0.2) is 14.6 Å². The minimum Gasteiger partial charge on any atom is -0.435 e. The molecule has 0 saturated carbocycles. The number of aromatic nitrogens is 1. The molecule has 0 spiro atoms. The lowest BCUT2D eigenvalue weighted by molar-refractivity contribution is 0.168. The summed E-state index contributed by atoms with van der Waals surface area (Å²) in [6.45, 7) is 13.1. The van der Waals surface area contributed by atoms with Crippen molar-refractivity contribution < 1.29 is 8.84 Å². The van der Waals surface area contributed by atoms with Crippen LogP contribution in [-0.2, 0) is 4.43 Å². The lowest BCUT2D eigenvalue weighted by atomic mass is 10.2. The highest BCUT2D eigenvalue weighted by Crippen LogP contribution is 2.39. The molecule has 85 valence electrons. The second kappa shape index (κ2) is 4.10. The van der Waals surface area contributed by atoms with Crippen molar-refractivity contribution >= 4 is 8.32 Å². The van der Waals surface area contributed by atoms with Crippen molar-refractivity contribution in [1.82, 2.24) is 4.98 Å². The highest BCUT2D eigenvalue weighted by molar-refractivity contribution is 6.74. The van der Waals surface area contributed by atoms with Gasteiger partial charge in [0, 0.05) is 0 Å². The van der Waals surface area contributed by atoms with Gasteiger partial charge in [0.05, 0.1) is 6.20 Å². The summed E-state index contributed by atoms with van der Waals surface area (Å²) in [6.07, 6.45) is 4.03. The maximum Gasteiger partial charge on any atom is 0.222 e. The van der Waals surface area contributed by atoms with Crippen molar-refractivity contribution in [1.29, 1.82) is 0 Å². The minimum atomic E-state index is -1.74. The van der Waals surface area contributed by atoms with Crippen LogP contribution in [0, 0.1) is 6.26 Å². The van der Waals surface area contributed by atoms with Crippen molar-refractivity contribution in [2.75, 3.05) is 0 Å². The molecule has 4 heteroatoms. The zero-order valence-electron chi connectivity index (χ0n) is 10.4. The van der Waals surface area contributed by atoms with E-state index >= 15 is 0 Å². The van der Waals surface area contributed by atoms with E-state index in [0.29, 0.717) is 5.89 Å². The molecule has 0 aliphatic carbocycles. The summed E-state index contributed by atoms with van der Waals surface area (Å²) in [5, 5.41) is 0.206. The average Bonchev–Trinajstić information content (AvgIpc) is 2.51. The number of oxazole rings is 1. The van der Waals surface area contributed by atoms with Gasteiger partial charge >= 0.3 is 0 Å². The smallest absolute Gasteiger partial charge is 0.222 e. The lowest BCUT2D eigenvalue weighted by Gasteiger charge is -2.37. The molecular weight excluding hydrogens is 206 g/mol. The van der Waals surface area contributed by atoms with Gasteiger partial charge < -0.3 is 8.84 Å². The predicted molar refractivity (Wildman–Crippen MR) is 62.0 cm³/mol. The summed E-state index contributed by atoms with van der Waals surface area (Å²) < 4.78 is 11.2. The van der Waals surface area contributed by atoms with E-state index < -0.39 is 8.32 Å². The van der Waals surface area contributed by atoms with Gasteiger partial charge in [-0.3, -0.25) is 0 Å². The van der Waals surface area contributed by atoms with Gasteiger partial charge in [-0.1, -0.05) is 20.8 Å². The lowest BCUT2D eigenvalue weighted by Crippen LogP contribution is -2.41. The summed E-state index contributed by atoms with van der Waals surface area (Å²) in [7, 11) is -1.74. The van der Waals surface area contributed by atoms with E-state index in [9.17, 15) is 0 Å². The van der Waals surface area contributed by atoms with Gasteiger partial charge in [0.1, 0.15) is 6.10 Å². The first-order valence-electron chi connectivity index (χ1n) is 5.23. The standard InChI is InChI=1S/C11H20NO2Si/c1-9(10-12-7-8-13-10)14-15(5,6)11(2,3)4/h7,9H,1-6H3. The fourth-order valence-corrected chi connectivity index (χ4v) is 2.40. The Morgan fingerprint density at radius 1 is 1.47 bits per heavy atom. The topological polar surface area (TPSA) is 35.3 Å². The maximum atomic E-state index is 6.11. The molecule has 3 nitrogen and oxygen atoms in total. The summed E-state index contributed by atoms with van der Waals surface area (Å²) in [4.78, 5) is 4.06. The number of nitrogens with zero attached hydrogens (tertiary/aromatic N) is 1. The molecule has 0 fully saturated rings. The van der Waals surface area contributed by atoms with Crippen molar-refractivity contribution in [3.05, 3.63) is 18.4 Å². The molecule has 1 aromatic rings. The molecule has 1 rings (SSSR count). The van der Waals surface area contributed by atoms with Crippen LogP contribution in [-0.4, -0.2) is 13.3 Å². The van der Waals surface area contributed by atoms with Gasteiger partial charge in [-0.15, -0.1) is 0 Å². The Kier molecular flexibility index (Phi) is 3.40. The third kappa shape index (κ3) is 2.92. The summed E-state index contributed by atoms with van der Waals surface area (Å²) in [6, 6.07) is 0. The van der Waals surface area contributed by atoms with Crippen LogP contribution in [0.2, 0.25) is 18.1 Å². The molecule has 1 radical (unpaired) electrons. The van der Waals surface area contributed by atoms with Gasteiger partial charge in [-0.2, -0.15) is 0 Å². The zero-order chi connectivity index (χ0) is 11.7. The van der Waals surface area contributed by atoms with Crippen LogP contribution in [0.4, 0.5) is 0 Å². The van der Waals surface area contributed by atoms with Crippen molar-refractivity contribution in [3.63, 3.8) is 0 Å². The second-order valence-corrected chi connectivity index (χ2v) is 10.1. The third-order valence-electron chi connectivity index (χ3n) is 3.03. The molecule has 0 bridgehead atoms. The van der Waals surface area contributed by atoms with E-state index in [0.717, 1.165) is 0 Å². The molecule has 15 heavy (non-hydrogen) atoms. The molecule has 0 aromatic carbocycles. The highest BCUT2D eigenvalue weighted by atomic mass is 28.4. The number of hydrogen-bond donors (Lipinski definition) is 0. The first kappa shape index (κ1) is 12.5. The molecule has 0 N–H and O–H groups in total.